The van der Waals surface area contributed by atoms with E-state index in [1.807, 2.05) is 13.0 Å². The summed E-state index contributed by atoms with van der Waals surface area (Å²) in [6.45, 7) is 5.40. The van der Waals surface area contributed by atoms with Crippen LogP contribution >= 0.6 is 0 Å². The number of fused-ring (bicyclic) bond motifs is 5. The van der Waals surface area contributed by atoms with E-state index in [1.165, 1.54) is 12.2 Å². The number of ketones is 1. The van der Waals surface area contributed by atoms with Crippen molar-refractivity contribution in [2.75, 3.05) is 0 Å². The van der Waals surface area contributed by atoms with E-state index in [0.717, 1.165) is 39.0 Å². The highest BCUT2D eigenvalue weighted by molar-refractivity contribution is 6.02. The number of rotatable bonds is 1. The Balaban J connectivity index is 1.95. The van der Waals surface area contributed by atoms with Crippen molar-refractivity contribution in [1.29, 1.82) is 0 Å². The molecule has 5 atom stereocenters. The van der Waals surface area contributed by atoms with Gasteiger partial charge in [0.05, 0.1) is 6.33 Å². The Labute approximate surface area is 164 Å². The average Bonchev–Trinajstić information content (AvgIpc) is 3.02. The van der Waals surface area contributed by atoms with Crippen LogP contribution in [-0.2, 0) is 14.3 Å². The summed E-state index contributed by atoms with van der Waals surface area (Å²) in [5.41, 5.74) is 0.225. The molecule has 0 aliphatic heterocycles. The van der Waals surface area contributed by atoms with Crippen LogP contribution < -0.4 is 0 Å². The maximum Gasteiger partial charge on any atom is 0.309 e. The Morgan fingerprint density at radius 2 is 2.00 bits per heavy atom. The minimum Gasteiger partial charge on any atom is -0.399 e. The second kappa shape index (κ2) is 6.50. The molecule has 4 aliphatic carbocycles. The van der Waals surface area contributed by atoms with Crippen LogP contribution in [-0.4, -0.2) is 11.8 Å². The fraction of sp³-hybridized carbons (Fsp3) is 0.565. The highest BCUT2D eigenvalue weighted by Crippen LogP contribution is 2.67. The maximum absolute atomic E-state index is 15.2. The van der Waals surface area contributed by atoms with Gasteiger partial charge in [-0.3, -0.25) is 9.59 Å². The summed E-state index contributed by atoms with van der Waals surface area (Å²) in [6.07, 6.45) is 10.2. The number of hydrogen-bond donors (Lipinski definition) is 0. The van der Waals surface area contributed by atoms with E-state index in [1.54, 1.807) is 0 Å². The molecule has 0 spiro atoms. The van der Waals surface area contributed by atoms with Crippen molar-refractivity contribution in [2.45, 2.75) is 52.9 Å². The zero-order chi connectivity index (χ0) is 20.3. The minimum absolute atomic E-state index is 0.0271. The summed E-state index contributed by atoms with van der Waals surface area (Å²) < 4.78 is 34.2. The van der Waals surface area contributed by atoms with Crippen LogP contribution in [0.2, 0.25) is 0 Å². The Morgan fingerprint density at radius 1 is 1.25 bits per heavy atom. The fourth-order valence-electron chi connectivity index (χ4n) is 6.45. The third kappa shape index (κ3) is 2.66. The molecule has 0 N–H and O–H groups in total. The van der Waals surface area contributed by atoms with Crippen molar-refractivity contribution in [1.82, 2.24) is 0 Å². The number of allylic oxidation sites excluding steroid dienone is 6. The lowest BCUT2D eigenvalue weighted by Gasteiger charge is -2.57. The lowest BCUT2D eigenvalue weighted by atomic mass is 9.46. The first kappa shape index (κ1) is 19.3. The molecule has 28 heavy (non-hydrogen) atoms. The van der Waals surface area contributed by atoms with E-state index in [9.17, 15) is 14.0 Å². The average molecular weight is 388 g/mol. The van der Waals surface area contributed by atoms with Crippen molar-refractivity contribution in [3.8, 4) is 0 Å². The van der Waals surface area contributed by atoms with Gasteiger partial charge in [-0.15, -0.1) is 0 Å². The predicted octanol–water partition coefficient (Wildman–Crippen LogP) is 5.50. The Hall–Kier alpha value is -2.04. The van der Waals surface area contributed by atoms with E-state index in [0.29, 0.717) is 11.9 Å². The van der Waals surface area contributed by atoms with Crippen LogP contribution in [0.25, 0.3) is 0 Å². The normalized spacial score (nSPS) is 42.5. The monoisotopic (exact) mass is 388 g/mol. The zero-order valence-electron chi connectivity index (χ0n) is 16.6. The summed E-state index contributed by atoms with van der Waals surface area (Å²) in [5.74, 6) is -1.03. The van der Waals surface area contributed by atoms with Gasteiger partial charge in [0.15, 0.2) is 5.78 Å². The number of carbonyl (C=O) groups is 2. The van der Waals surface area contributed by atoms with E-state index in [2.05, 4.69) is 6.92 Å². The highest BCUT2D eigenvalue weighted by Gasteiger charge is 2.59. The van der Waals surface area contributed by atoms with E-state index < -0.39 is 17.4 Å². The Kier molecular flexibility index (Phi) is 4.48. The zero-order valence-corrected chi connectivity index (χ0v) is 16.6. The molecule has 4 aliphatic rings. The van der Waals surface area contributed by atoms with Crippen LogP contribution in [0.3, 0.4) is 0 Å². The molecule has 0 unspecified atom stereocenters. The number of halogens is 2. The van der Waals surface area contributed by atoms with Gasteiger partial charge in [0, 0.05) is 23.5 Å². The third-order valence-electron chi connectivity index (χ3n) is 7.75. The molecular weight excluding hydrogens is 362 g/mol. The number of esters is 1. The molecule has 3 fully saturated rings. The molecule has 0 bridgehead atoms. The highest BCUT2D eigenvalue weighted by atomic mass is 19.1. The Morgan fingerprint density at radius 3 is 2.68 bits per heavy atom. The van der Waals surface area contributed by atoms with Gasteiger partial charge in [0.1, 0.15) is 0 Å². The molecular formula is C23H26F2O3. The fourth-order valence-corrected chi connectivity index (χ4v) is 6.45. The van der Waals surface area contributed by atoms with Gasteiger partial charge in [-0.25, -0.2) is 4.39 Å². The lowest BCUT2D eigenvalue weighted by molar-refractivity contribution is -0.139. The molecule has 0 amide bonds. The van der Waals surface area contributed by atoms with Gasteiger partial charge < -0.3 is 4.74 Å². The largest absolute Gasteiger partial charge is 0.399 e. The van der Waals surface area contributed by atoms with E-state index in [4.69, 9.17) is 4.74 Å². The van der Waals surface area contributed by atoms with Crippen LogP contribution in [0, 0.1) is 28.6 Å². The summed E-state index contributed by atoms with van der Waals surface area (Å²) in [4.78, 5) is 23.5. The SMILES string of the molecule is CC(=O)OC(F)=C1C(=CF)C2=CC(=O)C=C[C@]2(C)[C@H]2CC[C@]3(C)CCC[C@H]3[C@H]12. The van der Waals surface area contributed by atoms with Crippen molar-refractivity contribution in [3.63, 3.8) is 0 Å². The second-order valence-corrected chi connectivity index (χ2v) is 9.20. The summed E-state index contributed by atoms with van der Waals surface area (Å²) >= 11 is 0. The lowest BCUT2D eigenvalue weighted by Crippen LogP contribution is -2.50. The van der Waals surface area contributed by atoms with E-state index >= 15 is 4.39 Å². The maximum atomic E-state index is 15.2. The molecule has 0 saturated heterocycles. The molecule has 5 heteroatoms. The third-order valence-corrected chi connectivity index (χ3v) is 7.75. The van der Waals surface area contributed by atoms with E-state index in [-0.39, 0.29) is 40.1 Å². The number of carbonyl (C=O) groups excluding carboxylic acids is 2. The van der Waals surface area contributed by atoms with Gasteiger partial charge in [0.2, 0.25) is 0 Å². The molecule has 0 aromatic rings. The van der Waals surface area contributed by atoms with Crippen LogP contribution in [0.4, 0.5) is 8.78 Å². The number of ether oxygens (including phenoxy) is 1. The first-order valence-electron chi connectivity index (χ1n) is 10.1. The minimum atomic E-state index is -1.02. The van der Waals surface area contributed by atoms with Crippen LogP contribution in [0.15, 0.2) is 47.3 Å². The van der Waals surface area contributed by atoms with Crippen molar-refractivity contribution >= 4 is 11.8 Å². The molecule has 150 valence electrons. The van der Waals surface area contributed by atoms with Crippen LogP contribution in [0.5, 0.6) is 0 Å². The number of hydrogen-bond acceptors (Lipinski definition) is 3. The molecule has 0 heterocycles. The van der Waals surface area contributed by atoms with Gasteiger partial charge in [-0.1, -0.05) is 26.3 Å². The smallest absolute Gasteiger partial charge is 0.309 e. The van der Waals surface area contributed by atoms with Gasteiger partial charge in [-0.05, 0) is 66.6 Å². The molecule has 0 aromatic carbocycles. The second-order valence-electron chi connectivity index (χ2n) is 9.20. The van der Waals surface area contributed by atoms with Gasteiger partial charge in [0.25, 0.3) is 6.01 Å². The molecule has 0 radical (unpaired) electrons. The first-order valence-corrected chi connectivity index (χ1v) is 10.1. The quantitative estimate of drug-likeness (QED) is 0.440. The molecule has 4 rings (SSSR count). The van der Waals surface area contributed by atoms with Crippen molar-refractivity contribution < 1.29 is 23.1 Å². The predicted molar refractivity (Wildman–Crippen MR) is 101 cm³/mol. The summed E-state index contributed by atoms with van der Waals surface area (Å²) in [7, 11) is 0. The Bertz CT molecular complexity index is 865. The molecule has 3 nitrogen and oxygen atoms in total. The van der Waals surface area contributed by atoms with Gasteiger partial charge in [-0.2, -0.15) is 4.39 Å². The first-order chi connectivity index (χ1) is 13.2. The molecule has 3 saturated carbocycles. The standard InChI is InChI=1S/C23H26F2O3/c1-13(26)28-21(25)19-15(12-24)18-11-14(27)6-10-23(18,3)17-7-9-22(2)8-4-5-16(22)20(17)19/h6,10-12,16-17,20H,4-5,7-9H2,1-3H3/t16-,17-,20-,22-,23+/m0/s1. The van der Waals surface area contributed by atoms with Crippen molar-refractivity contribution in [3.05, 3.63) is 47.3 Å². The van der Waals surface area contributed by atoms with Crippen LogP contribution in [0.1, 0.15) is 52.9 Å². The topological polar surface area (TPSA) is 43.4 Å². The molecule has 0 aromatic heterocycles. The summed E-state index contributed by atoms with van der Waals surface area (Å²) in [6, 6.07) is -1.02. The summed E-state index contributed by atoms with van der Waals surface area (Å²) in [5, 5.41) is 0. The van der Waals surface area contributed by atoms with Crippen molar-refractivity contribution in [2.24, 2.45) is 28.6 Å². The van der Waals surface area contributed by atoms with Gasteiger partial charge >= 0.3 is 5.97 Å².